The maximum atomic E-state index is 14.6. The summed E-state index contributed by atoms with van der Waals surface area (Å²) in [6.07, 6.45) is 1.99. The number of carbonyl (C=O) groups is 2. The highest BCUT2D eigenvalue weighted by Crippen LogP contribution is 2.28. The van der Waals surface area contributed by atoms with Crippen LogP contribution in [0.2, 0.25) is 0 Å². The van der Waals surface area contributed by atoms with E-state index < -0.39 is 28.5 Å². The van der Waals surface area contributed by atoms with E-state index in [2.05, 4.69) is 21.2 Å². The molecule has 4 rings (SSSR count). The molecule has 0 unspecified atom stereocenters. The zero-order valence-electron chi connectivity index (χ0n) is 25.9. The first-order valence-electron chi connectivity index (χ1n) is 15.1. The lowest BCUT2D eigenvalue weighted by Crippen LogP contribution is -2.53. The van der Waals surface area contributed by atoms with Gasteiger partial charge in [-0.3, -0.25) is 13.9 Å². The zero-order valence-corrected chi connectivity index (χ0v) is 28.4. The highest BCUT2D eigenvalue weighted by Gasteiger charge is 2.35. The van der Waals surface area contributed by atoms with Gasteiger partial charge in [-0.25, -0.2) is 8.42 Å². The Morgan fingerprint density at radius 3 is 2.16 bits per heavy atom. The van der Waals surface area contributed by atoms with Crippen molar-refractivity contribution in [2.75, 3.05) is 17.4 Å². The monoisotopic (exact) mass is 689 g/mol. The van der Waals surface area contributed by atoms with Gasteiger partial charge in [0.05, 0.1) is 10.6 Å². The molecule has 0 aromatic heterocycles. The molecule has 0 aliphatic heterocycles. The number of nitrogens with zero attached hydrogens (tertiary/aromatic N) is 2. The van der Waals surface area contributed by atoms with Crippen LogP contribution in [0.3, 0.4) is 0 Å². The number of benzene rings is 4. The molecule has 0 bridgehead atoms. The minimum absolute atomic E-state index is 0.0782. The van der Waals surface area contributed by atoms with Gasteiger partial charge in [0.25, 0.3) is 10.0 Å². The van der Waals surface area contributed by atoms with Crippen molar-refractivity contribution in [1.29, 1.82) is 0 Å². The second kappa shape index (κ2) is 15.9. The first kappa shape index (κ1) is 33.9. The maximum absolute atomic E-state index is 14.6. The van der Waals surface area contributed by atoms with Crippen LogP contribution in [-0.2, 0) is 32.6 Å². The largest absolute Gasteiger partial charge is 0.354 e. The number of amides is 2. The third-order valence-electron chi connectivity index (χ3n) is 7.57. The topological polar surface area (TPSA) is 86.8 Å². The summed E-state index contributed by atoms with van der Waals surface area (Å²) in [5, 5.41) is 3.02. The number of sulfonamides is 1. The van der Waals surface area contributed by atoms with E-state index in [-0.39, 0.29) is 23.8 Å². The van der Waals surface area contributed by atoms with Crippen LogP contribution in [-0.4, -0.2) is 44.3 Å². The van der Waals surface area contributed by atoms with E-state index in [4.69, 9.17) is 0 Å². The van der Waals surface area contributed by atoms with Crippen molar-refractivity contribution >= 4 is 43.5 Å². The summed E-state index contributed by atoms with van der Waals surface area (Å²) < 4.78 is 30.3. The van der Waals surface area contributed by atoms with Crippen LogP contribution >= 0.6 is 15.9 Å². The molecule has 0 saturated carbocycles. The minimum Gasteiger partial charge on any atom is -0.354 e. The minimum atomic E-state index is -4.14. The average Bonchev–Trinajstić information content (AvgIpc) is 3.03. The molecule has 1 N–H and O–H groups in total. The molecule has 0 saturated heterocycles. The lowest BCUT2D eigenvalue weighted by Gasteiger charge is -2.34. The van der Waals surface area contributed by atoms with Crippen LogP contribution in [0.25, 0.3) is 0 Å². The van der Waals surface area contributed by atoms with Crippen molar-refractivity contribution in [3.05, 3.63) is 130 Å². The highest BCUT2D eigenvalue weighted by molar-refractivity contribution is 9.10. The fraction of sp³-hybridized carbons (Fsp3) is 0.278. The number of unbranched alkanes of at least 4 members (excludes halogenated alkanes) is 1. The van der Waals surface area contributed by atoms with Crippen molar-refractivity contribution < 1.29 is 18.0 Å². The van der Waals surface area contributed by atoms with Gasteiger partial charge >= 0.3 is 0 Å². The second-order valence-corrected chi connectivity index (χ2v) is 13.9. The molecule has 4 aromatic rings. The van der Waals surface area contributed by atoms with E-state index in [1.54, 1.807) is 24.3 Å². The molecule has 0 spiro atoms. The molecule has 2 amide bonds. The molecule has 7 nitrogen and oxygen atoms in total. The third kappa shape index (κ3) is 9.05. The molecule has 4 aromatic carbocycles. The number of carbonyl (C=O) groups excluding carboxylic acids is 2. The molecule has 0 radical (unpaired) electrons. The fourth-order valence-corrected chi connectivity index (χ4v) is 7.16. The summed E-state index contributed by atoms with van der Waals surface area (Å²) in [6.45, 7) is 5.93. The quantitative estimate of drug-likeness (QED) is 0.147. The van der Waals surface area contributed by atoms with Crippen LogP contribution in [0.1, 0.15) is 42.0 Å². The standard InChI is InChI=1S/C36H40BrN3O4S/c1-4-5-21-38-36(42)34(24-29-13-8-6-9-14-29)39(25-30-15-12-16-31(37)23-30)35(41)26-40(33-20-19-27(2)22-28(33)3)45(43,44)32-17-10-7-11-18-32/h6-20,22-23,34H,4-5,21,24-26H2,1-3H3,(H,38,42)/t34-/m1/s1. The van der Waals surface area contributed by atoms with Gasteiger partial charge in [-0.2, -0.15) is 0 Å². The van der Waals surface area contributed by atoms with Crippen LogP contribution in [0.15, 0.2) is 112 Å². The number of hydrogen-bond donors (Lipinski definition) is 1. The van der Waals surface area contributed by atoms with Crippen molar-refractivity contribution in [3.8, 4) is 0 Å². The van der Waals surface area contributed by atoms with Gasteiger partial charge in [0.15, 0.2) is 0 Å². The molecule has 236 valence electrons. The van der Waals surface area contributed by atoms with E-state index in [1.165, 1.54) is 21.3 Å². The fourth-order valence-electron chi connectivity index (χ4n) is 5.21. The smallest absolute Gasteiger partial charge is 0.264 e. The molecule has 1 atom stereocenters. The summed E-state index contributed by atoms with van der Waals surface area (Å²) >= 11 is 3.52. The number of halogens is 1. The van der Waals surface area contributed by atoms with E-state index in [0.717, 1.165) is 39.6 Å². The van der Waals surface area contributed by atoms with E-state index >= 15 is 0 Å². The Balaban J connectivity index is 1.81. The number of rotatable bonds is 14. The Kier molecular flexibility index (Phi) is 12.0. The number of nitrogens with one attached hydrogen (secondary N) is 1. The molecule has 0 aliphatic carbocycles. The van der Waals surface area contributed by atoms with E-state index in [0.29, 0.717) is 12.2 Å². The summed E-state index contributed by atoms with van der Waals surface area (Å²) in [5.74, 6) is -0.763. The van der Waals surface area contributed by atoms with Gasteiger partial charge in [0.2, 0.25) is 11.8 Å². The summed E-state index contributed by atoms with van der Waals surface area (Å²) in [5.41, 5.74) is 3.80. The van der Waals surface area contributed by atoms with Crippen LogP contribution in [0.4, 0.5) is 5.69 Å². The number of aryl methyl sites for hydroxylation is 2. The maximum Gasteiger partial charge on any atom is 0.264 e. The number of anilines is 1. The van der Waals surface area contributed by atoms with Crippen molar-refractivity contribution in [1.82, 2.24) is 10.2 Å². The second-order valence-electron chi connectivity index (χ2n) is 11.1. The molecular weight excluding hydrogens is 650 g/mol. The summed E-state index contributed by atoms with van der Waals surface area (Å²) in [7, 11) is -4.14. The number of hydrogen-bond acceptors (Lipinski definition) is 4. The first-order chi connectivity index (χ1) is 21.6. The van der Waals surface area contributed by atoms with Gasteiger partial charge < -0.3 is 10.2 Å². The lowest BCUT2D eigenvalue weighted by atomic mass is 10.0. The predicted octanol–water partition coefficient (Wildman–Crippen LogP) is 6.82. The van der Waals surface area contributed by atoms with Gasteiger partial charge in [0.1, 0.15) is 12.6 Å². The van der Waals surface area contributed by atoms with Crippen molar-refractivity contribution in [2.45, 2.75) is 57.5 Å². The van der Waals surface area contributed by atoms with Crippen LogP contribution < -0.4 is 9.62 Å². The average molecular weight is 691 g/mol. The van der Waals surface area contributed by atoms with E-state index in [1.807, 2.05) is 87.5 Å². The van der Waals surface area contributed by atoms with Gasteiger partial charge in [-0.05, 0) is 67.3 Å². The zero-order chi connectivity index (χ0) is 32.4. The van der Waals surface area contributed by atoms with Crippen LogP contribution in [0, 0.1) is 13.8 Å². The molecule has 9 heteroatoms. The Morgan fingerprint density at radius 1 is 0.844 bits per heavy atom. The molecule has 0 fully saturated rings. The third-order valence-corrected chi connectivity index (χ3v) is 9.84. The van der Waals surface area contributed by atoms with E-state index in [9.17, 15) is 18.0 Å². The normalized spacial score (nSPS) is 11.9. The Bertz CT molecular complexity index is 1700. The Morgan fingerprint density at radius 2 is 1.51 bits per heavy atom. The van der Waals surface area contributed by atoms with Crippen molar-refractivity contribution in [2.24, 2.45) is 0 Å². The summed E-state index contributed by atoms with van der Waals surface area (Å²) in [4.78, 5) is 30.0. The Hall–Kier alpha value is -3.95. The van der Waals surface area contributed by atoms with Gasteiger partial charge in [-0.15, -0.1) is 0 Å². The van der Waals surface area contributed by atoms with Crippen LogP contribution in [0.5, 0.6) is 0 Å². The lowest BCUT2D eigenvalue weighted by molar-refractivity contribution is -0.140. The molecular formula is C36H40BrN3O4S. The molecule has 45 heavy (non-hydrogen) atoms. The van der Waals surface area contributed by atoms with Gasteiger partial charge in [-0.1, -0.05) is 108 Å². The summed E-state index contributed by atoms with van der Waals surface area (Å²) in [6, 6.07) is 29.8. The highest BCUT2D eigenvalue weighted by atomic mass is 79.9. The van der Waals surface area contributed by atoms with Gasteiger partial charge in [0, 0.05) is 24.0 Å². The Labute approximate surface area is 275 Å². The SMILES string of the molecule is CCCCNC(=O)[C@@H](Cc1ccccc1)N(Cc1cccc(Br)c1)C(=O)CN(c1ccc(C)cc1C)S(=O)(=O)c1ccccc1. The predicted molar refractivity (Wildman–Crippen MR) is 183 cm³/mol. The molecule has 0 heterocycles. The van der Waals surface area contributed by atoms with Crippen molar-refractivity contribution in [3.63, 3.8) is 0 Å². The first-order valence-corrected chi connectivity index (χ1v) is 17.3. The molecule has 0 aliphatic rings.